The second-order valence-corrected chi connectivity index (χ2v) is 5.04. The minimum absolute atomic E-state index is 0.227. The van der Waals surface area contributed by atoms with Crippen LogP contribution in [0.15, 0.2) is 29.4 Å². The molecule has 23 heavy (non-hydrogen) atoms. The van der Waals surface area contributed by atoms with E-state index >= 15 is 0 Å². The monoisotopic (exact) mass is 330 g/mol. The number of hydrogen-bond donors (Lipinski definition) is 3. The van der Waals surface area contributed by atoms with E-state index < -0.39 is 12.6 Å². The molecule has 0 aliphatic heterocycles. The molecule has 126 valence electrons. The van der Waals surface area contributed by atoms with Crippen LogP contribution in [-0.4, -0.2) is 37.3 Å². The molecule has 0 spiro atoms. The quantitative estimate of drug-likeness (QED) is 0.448. The molecule has 2 aromatic rings. The summed E-state index contributed by atoms with van der Waals surface area (Å²) in [5, 5.41) is 6.49. The number of H-pyrrole nitrogens is 1. The summed E-state index contributed by atoms with van der Waals surface area (Å²) in [5.74, 6) is 0.0124. The molecule has 1 aromatic carbocycles. The highest BCUT2D eigenvalue weighted by Gasteiger charge is 2.26. The van der Waals surface area contributed by atoms with Crippen molar-refractivity contribution in [1.82, 2.24) is 15.6 Å². The smallest absolute Gasteiger partial charge is 0.361 e. The zero-order valence-corrected chi connectivity index (χ0v) is 12.6. The molecule has 0 fully saturated rings. The van der Waals surface area contributed by atoms with Gasteiger partial charge in [0.25, 0.3) is 0 Å². The summed E-state index contributed by atoms with van der Waals surface area (Å²) in [6.07, 6.45) is -2.68. The molecular weight excluding hydrogens is 312 g/mol. The molecule has 0 aliphatic carbocycles. The Morgan fingerprint density at radius 3 is 2.65 bits per heavy atom. The fraction of sp³-hybridized carbons (Fsp3) is 0.400. The number of hydrogen-bond acceptors (Lipinski definition) is 1. The number of nitrogens with zero attached hydrogens (tertiary/aromatic N) is 1. The first-order valence-corrected chi connectivity index (χ1v) is 7.16. The Bertz CT molecular complexity index is 676. The van der Waals surface area contributed by atoms with Crippen molar-refractivity contribution in [3.8, 4) is 0 Å². The van der Waals surface area contributed by atoms with Crippen molar-refractivity contribution in [2.24, 2.45) is 4.99 Å². The van der Waals surface area contributed by atoms with Crippen LogP contribution < -0.4 is 10.6 Å². The molecule has 1 aromatic heterocycles. The maximum absolute atomic E-state index is 13.1. The van der Waals surface area contributed by atoms with Crippen LogP contribution in [-0.2, 0) is 6.42 Å². The van der Waals surface area contributed by atoms with Crippen molar-refractivity contribution in [1.29, 1.82) is 0 Å². The molecule has 0 atom stereocenters. The molecule has 8 heteroatoms. The summed E-state index contributed by atoms with van der Waals surface area (Å²) >= 11 is 0. The average molecular weight is 330 g/mol. The number of alkyl halides is 3. The molecular formula is C15H18F4N4. The van der Waals surface area contributed by atoms with Crippen LogP contribution >= 0.6 is 0 Å². The van der Waals surface area contributed by atoms with Crippen LogP contribution in [0.4, 0.5) is 17.6 Å². The van der Waals surface area contributed by atoms with Gasteiger partial charge in [0.05, 0.1) is 6.42 Å². The minimum Gasteiger partial charge on any atom is -0.361 e. The van der Waals surface area contributed by atoms with E-state index in [1.54, 1.807) is 12.3 Å². The van der Waals surface area contributed by atoms with Crippen molar-refractivity contribution >= 4 is 16.9 Å². The van der Waals surface area contributed by atoms with Crippen LogP contribution in [0, 0.1) is 5.82 Å². The number of aliphatic imine (C=N–C) groups is 1. The summed E-state index contributed by atoms with van der Waals surface area (Å²) in [5.41, 5.74) is 1.71. The van der Waals surface area contributed by atoms with Crippen LogP contribution in [0.2, 0.25) is 0 Å². The van der Waals surface area contributed by atoms with Gasteiger partial charge in [-0.2, -0.15) is 13.2 Å². The average Bonchev–Trinajstić information content (AvgIpc) is 2.86. The van der Waals surface area contributed by atoms with Crippen molar-refractivity contribution in [3.63, 3.8) is 0 Å². The van der Waals surface area contributed by atoms with Crippen LogP contribution in [0.3, 0.4) is 0 Å². The summed E-state index contributed by atoms with van der Waals surface area (Å²) < 4.78 is 49.4. The number of nitrogens with one attached hydrogen (secondary N) is 3. The molecule has 1 heterocycles. The summed E-state index contributed by atoms with van der Waals surface area (Å²) in [6, 6.07) is 4.52. The molecule has 3 N–H and O–H groups in total. The predicted molar refractivity (Wildman–Crippen MR) is 82.0 cm³/mol. The Morgan fingerprint density at radius 2 is 1.96 bits per heavy atom. The van der Waals surface area contributed by atoms with Crippen molar-refractivity contribution in [2.45, 2.75) is 19.0 Å². The van der Waals surface area contributed by atoms with E-state index in [0.717, 1.165) is 10.9 Å². The second-order valence-electron chi connectivity index (χ2n) is 5.04. The highest BCUT2D eigenvalue weighted by Crippen LogP contribution is 2.19. The van der Waals surface area contributed by atoms with E-state index in [4.69, 9.17) is 0 Å². The summed E-state index contributed by atoms with van der Waals surface area (Å²) in [6.45, 7) is 0.269. The van der Waals surface area contributed by atoms with E-state index in [1.165, 1.54) is 19.2 Å². The second kappa shape index (κ2) is 7.34. The zero-order chi connectivity index (χ0) is 16.9. The van der Waals surface area contributed by atoms with E-state index in [0.29, 0.717) is 24.4 Å². The molecule has 0 amide bonds. The Hall–Kier alpha value is -2.25. The predicted octanol–water partition coefficient (Wildman–Crippen LogP) is 2.97. The molecule has 2 rings (SSSR count). The van der Waals surface area contributed by atoms with E-state index in [2.05, 4.69) is 20.6 Å². The molecule has 4 nitrogen and oxygen atoms in total. The van der Waals surface area contributed by atoms with Gasteiger partial charge in [-0.15, -0.1) is 0 Å². The van der Waals surface area contributed by atoms with Crippen molar-refractivity contribution in [2.75, 3.05) is 20.1 Å². The SMILES string of the molecule is CN=C(NCCc1c[nH]c2cc(F)ccc12)NCCC(F)(F)F. The van der Waals surface area contributed by atoms with Crippen LogP contribution in [0.1, 0.15) is 12.0 Å². The molecule has 0 saturated heterocycles. The Labute approximate surface area is 131 Å². The van der Waals surface area contributed by atoms with Gasteiger partial charge >= 0.3 is 6.18 Å². The minimum atomic E-state index is -4.19. The third kappa shape index (κ3) is 5.15. The maximum Gasteiger partial charge on any atom is 0.390 e. The largest absolute Gasteiger partial charge is 0.390 e. The fourth-order valence-corrected chi connectivity index (χ4v) is 2.22. The van der Waals surface area contributed by atoms with Crippen LogP contribution in [0.5, 0.6) is 0 Å². The van der Waals surface area contributed by atoms with Crippen molar-refractivity contribution < 1.29 is 17.6 Å². The highest BCUT2D eigenvalue weighted by molar-refractivity contribution is 5.83. The molecule has 0 saturated carbocycles. The number of rotatable bonds is 5. The molecule has 0 unspecified atom stereocenters. The number of aromatic nitrogens is 1. The molecule has 0 bridgehead atoms. The summed E-state index contributed by atoms with van der Waals surface area (Å²) in [7, 11) is 1.50. The Morgan fingerprint density at radius 1 is 1.22 bits per heavy atom. The number of halogens is 4. The van der Waals surface area contributed by atoms with Gasteiger partial charge in [0.1, 0.15) is 5.82 Å². The van der Waals surface area contributed by atoms with Gasteiger partial charge in [0.15, 0.2) is 5.96 Å². The van der Waals surface area contributed by atoms with E-state index in [1.807, 2.05) is 0 Å². The maximum atomic E-state index is 13.1. The van der Waals surface area contributed by atoms with Gasteiger partial charge < -0.3 is 15.6 Å². The number of fused-ring (bicyclic) bond motifs is 1. The Kier molecular flexibility index (Phi) is 5.46. The normalized spacial score (nSPS) is 12.7. The fourth-order valence-electron chi connectivity index (χ4n) is 2.22. The lowest BCUT2D eigenvalue weighted by Crippen LogP contribution is -2.39. The van der Waals surface area contributed by atoms with Gasteiger partial charge in [0.2, 0.25) is 0 Å². The topological polar surface area (TPSA) is 52.2 Å². The van der Waals surface area contributed by atoms with E-state index in [9.17, 15) is 17.6 Å². The first-order chi connectivity index (χ1) is 10.9. The van der Waals surface area contributed by atoms with Gasteiger partial charge in [-0.25, -0.2) is 4.39 Å². The van der Waals surface area contributed by atoms with Crippen LogP contribution in [0.25, 0.3) is 10.9 Å². The molecule has 0 aliphatic rings. The number of benzene rings is 1. The highest BCUT2D eigenvalue weighted by atomic mass is 19.4. The van der Waals surface area contributed by atoms with Gasteiger partial charge in [-0.1, -0.05) is 0 Å². The lowest BCUT2D eigenvalue weighted by molar-refractivity contribution is -0.132. The number of aromatic amines is 1. The lowest BCUT2D eigenvalue weighted by Gasteiger charge is -2.12. The summed E-state index contributed by atoms with van der Waals surface area (Å²) in [4.78, 5) is 6.86. The van der Waals surface area contributed by atoms with Gasteiger partial charge in [-0.3, -0.25) is 4.99 Å². The van der Waals surface area contributed by atoms with Gasteiger partial charge in [-0.05, 0) is 30.2 Å². The van der Waals surface area contributed by atoms with Gasteiger partial charge in [0, 0.05) is 37.2 Å². The Balaban J connectivity index is 1.83. The first-order valence-electron chi connectivity index (χ1n) is 7.16. The first kappa shape index (κ1) is 17.1. The zero-order valence-electron chi connectivity index (χ0n) is 12.6. The van der Waals surface area contributed by atoms with E-state index in [-0.39, 0.29) is 12.4 Å². The third-order valence-electron chi connectivity index (χ3n) is 3.34. The van der Waals surface area contributed by atoms with Crippen molar-refractivity contribution in [3.05, 3.63) is 35.8 Å². The number of guanidine groups is 1. The molecule has 0 radical (unpaired) electrons. The lowest BCUT2D eigenvalue weighted by atomic mass is 10.1. The third-order valence-corrected chi connectivity index (χ3v) is 3.34. The standard InChI is InChI=1S/C15H18F4N4/c1-20-14(22-7-5-15(17,18)19)21-6-4-10-9-23-13-8-11(16)2-3-12(10)13/h2-3,8-9,23H,4-7H2,1H3,(H2,20,21,22).